The summed E-state index contributed by atoms with van der Waals surface area (Å²) in [7, 11) is 1.32. The van der Waals surface area contributed by atoms with Crippen LogP contribution in [0.15, 0.2) is 58.4 Å². The van der Waals surface area contributed by atoms with Crippen LogP contribution < -0.4 is 5.32 Å². The van der Waals surface area contributed by atoms with E-state index in [0.29, 0.717) is 21.3 Å². The molecule has 1 N–H and O–H groups in total. The zero-order chi connectivity index (χ0) is 17.8. The maximum atomic E-state index is 12.9. The van der Waals surface area contributed by atoms with Crippen molar-refractivity contribution in [1.29, 1.82) is 0 Å². The number of ether oxygens (including phenoxy) is 1. The second-order valence-corrected chi connectivity index (χ2v) is 6.10. The number of hydrogen-bond acceptors (Lipinski definition) is 5. The van der Waals surface area contributed by atoms with Gasteiger partial charge < -0.3 is 10.1 Å². The van der Waals surface area contributed by atoms with E-state index in [2.05, 4.69) is 15.0 Å². The van der Waals surface area contributed by atoms with E-state index in [1.54, 1.807) is 42.5 Å². The minimum Gasteiger partial charge on any atom is -0.465 e. The lowest BCUT2D eigenvalue weighted by atomic mass is 10.2. The molecule has 0 aromatic heterocycles. The van der Waals surface area contributed by atoms with Crippen LogP contribution >= 0.6 is 11.8 Å². The summed E-state index contributed by atoms with van der Waals surface area (Å²) in [5.41, 5.74) is 1.74. The van der Waals surface area contributed by atoms with Crippen LogP contribution in [0, 0.1) is 5.82 Å². The number of amidine groups is 1. The molecule has 2 aromatic carbocycles. The molecule has 0 aliphatic carbocycles. The Hall–Kier alpha value is -2.93. The number of methoxy groups -OCH3 is 1. The molecule has 0 radical (unpaired) electrons. The molecule has 0 unspecified atom stereocenters. The lowest BCUT2D eigenvalue weighted by Crippen LogP contribution is -2.19. The first kappa shape index (κ1) is 16.9. The van der Waals surface area contributed by atoms with Gasteiger partial charge in [-0.2, -0.15) is 0 Å². The van der Waals surface area contributed by atoms with Gasteiger partial charge in [-0.25, -0.2) is 14.2 Å². The molecule has 0 bridgehead atoms. The number of hydrogen-bond donors (Lipinski definition) is 1. The van der Waals surface area contributed by atoms with E-state index in [4.69, 9.17) is 0 Å². The van der Waals surface area contributed by atoms with Crippen molar-refractivity contribution in [3.63, 3.8) is 0 Å². The van der Waals surface area contributed by atoms with E-state index in [1.807, 2.05) is 0 Å². The standard InChI is InChI=1S/C18H13FN2O3S/c1-24-17(23)12-4-8-14(9-5-12)20-18-21-16(22)15(25-18)10-11-2-6-13(19)7-3-11/h2-10H,1H3,(H,20,21,22)/b15-10-. The van der Waals surface area contributed by atoms with Crippen LogP contribution in [-0.2, 0) is 9.53 Å². The molecule has 3 rings (SSSR count). The van der Waals surface area contributed by atoms with Gasteiger partial charge in [0.25, 0.3) is 5.91 Å². The van der Waals surface area contributed by atoms with Gasteiger partial charge in [0.1, 0.15) is 5.82 Å². The molecule has 1 aliphatic heterocycles. The zero-order valence-electron chi connectivity index (χ0n) is 13.2. The summed E-state index contributed by atoms with van der Waals surface area (Å²) in [5, 5.41) is 3.11. The Balaban J connectivity index is 1.76. The smallest absolute Gasteiger partial charge is 0.337 e. The van der Waals surface area contributed by atoms with Crippen molar-refractivity contribution in [3.8, 4) is 0 Å². The van der Waals surface area contributed by atoms with Gasteiger partial charge in [0.05, 0.1) is 23.3 Å². The fourth-order valence-electron chi connectivity index (χ4n) is 2.10. The predicted octanol–water partition coefficient (Wildman–Crippen LogP) is 3.50. The molecular formula is C18H13FN2O3S. The van der Waals surface area contributed by atoms with Crippen LogP contribution in [0.25, 0.3) is 6.08 Å². The number of esters is 1. The summed E-state index contributed by atoms with van der Waals surface area (Å²) in [4.78, 5) is 28.2. The van der Waals surface area contributed by atoms with Crippen LogP contribution in [0.4, 0.5) is 10.1 Å². The van der Waals surface area contributed by atoms with Crippen molar-refractivity contribution < 1.29 is 18.7 Å². The summed E-state index contributed by atoms with van der Waals surface area (Å²) in [6, 6.07) is 12.4. The Labute approximate surface area is 147 Å². The van der Waals surface area contributed by atoms with Crippen molar-refractivity contribution in [2.45, 2.75) is 0 Å². The summed E-state index contributed by atoms with van der Waals surface area (Å²) >= 11 is 1.19. The molecule has 1 fully saturated rings. The third-order valence-corrected chi connectivity index (χ3v) is 4.25. The lowest BCUT2D eigenvalue weighted by Gasteiger charge is -2.00. The van der Waals surface area contributed by atoms with Crippen molar-refractivity contribution >= 4 is 40.6 Å². The lowest BCUT2D eigenvalue weighted by molar-refractivity contribution is -0.115. The number of rotatable bonds is 3. The second kappa shape index (κ2) is 7.31. The highest BCUT2D eigenvalue weighted by Gasteiger charge is 2.23. The Bertz CT molecular complexity index is 874. The number of benzene rings is 2. The number of carbonyl (C=O) groups excluding carboxylic acids is 2. The fraction of sp³-hybridized carbons (Fsp3) is 0.0556. The molecule has 7 heteroatoms. The Morgan fingerprint density at radius 3 is 2.48 bits per heavy atom. The fourth-order valence-corrected chi connectivity index (χ4v) is 2.94. The quantitative estimate of drug-likeness (QED) is 0.675. The molecular weight excluding hydrogens is 343 g/mol. The molecule has 126 valence electrons. The van der Waals surface area contributed by atoms with Crippen molar-refractivity contribution in [1.82, 2.24) is 5.32 Å². The first-order valence-corrected chi connectivity index (χ1v) is 8.10. The highest BCUT2D eigenvalue weighted by molar-refractivity contribution is 8.18. The second-order valence-electron chi connectivity index (χ2n) is 5.07. The van der Waals surface area contributed by atoms with Crippen LogP contribution in [-0.4, -0.2) is 24.2 Å². The highest BCUT2D eigenvalue weighted by atomic mass is 32.2. The molecule has 25 heavy (non-hydrogen) atoms. The number of halogens is 1. The van der Waals surface area contributed by atoms with E-state index in [0.717, 1.165) is 5.56 Å². The maximum absolute atomic E-state index is 12.9. The van der Waals surface area contributed by atoms with Crippen molar-refractivity contribution in [3.05, 3.63) is 70.4 Å². The van der Waals surface area contributed by atoms with Gasteiger partial charge in [-0.1, -0.05) is 12.1 Å². The minimum atomic E-state index is -0.424. The normalized spacial score (nSPS) is 17.0. The average molecular weight is 356 g/mol. The van der Waals surface area contributed by atoms with Gasteiger partial charge >= 0.3 is 5.97 Å². The largest absolute Gasteiger partial charge is 0.465 e. The number of thioether (sulfide) groups is 1. The molecule has 1 amide bonds. The third-order valence-electron chi connectivity index (χ3n) is 3.34. The van der Waals surface area contributed by atoms with E-state index in [9.17, 15) is 14.0 Å². The molecule has 1 saturated heterocycles. The molecule has 2 aromatic rings. The molecule has 0 spiro atoms. The van der Waals surface area contributed by atoms with Crippen LogP contribution in [0.1, 0.15) is 15.9 Å². The average Bonchev–Trinajstić information content (AvgIpc) is 2.96. The molecule has 0 atom stereocenters. The van der Waals surface area contributed by atoms with Crippen LogP contribution in [0.5, 0.6) is 0 Å². The number of nitrogens with zero attached hydrogens (tertiary/aromatic N) is 1. The number of nitrogens with one attached hydrogen (secondary N) is 1. The van der Waals surface area contributed by atoms with Gasteiger partial charge in [-0.15, -0.1) is 0 Å². The summed E-state index contributed by atoms with van der Waals surface area (Å²) in [5.74, 6) is -1.02. The molecule has 0 saturated carbocycles. The van der Waals surface area contributed by atoms with Crippen LogP contribution in [0.3, 0.4) is 0 Å². The number of carbonyl (C=O) groups is 2. The SMILES string of the molecule is COC(=O)c1ccc(N=C2NC(=O)/C(=C/c3ccc(F)cc3)S2)cc1. The summed E-state index contributed by atoms with van der Waals surface area (Å²) < 4.78 is 17.6. The summed E-state index contributed by atoms with van der Waals surface area (Å²) in [6.45, 7) is 0. The predicted molar refractivity (Wildman–Crippen MR) is 95.0 cm³/mol. The first-order chi connectivity index (χ1) is 12.0. The Kier molecular flexibility index (Phi) is 4.95. The molecule has 1 aliphatic rings. The van der Waals surface area contributed by atoms with E-state index in [-0.39, 0.29) is 11.7 Å². The first-order valence-electron chi connectivity index (χ1n) is 7.29. The van der Waals surface area contributed by atoms with Gasteiger partial charge in [-0.05, 0) is 59.8 Å². The van der Waals surface area contributed by atoms with E-state index in [1.165, 1.54) is 31.0 Å². The minimum absolute atomic E-state index is 0.265. The van der Waals surface area contributed by atoms with E-state index >= 15 is 0 Å². The molecule has 5 nitrogen and oxygen atoms in total. The third kappa shape index (κ3) is 4.13. The maximum Gasteiger partial charge on any atom is 0.337 e. The summed E-state index contributed by atoms with van der Waals surface area (Å²) in [6.07, 6.45) is 1.67. The monoisotopic (exact) mass is 356 g/mol. The van der Waals surface area contributed by atoms with Gasteiger partial charge in [0.15, 0.2) is 5.17 Å². The topological polar surface area (TPSA) is 67.8 Å². The Morgan fingerprint density at radius 2 is 1.84 bits per heavy atom. The zero-order valence-corrected chi connectivity index (χ0v) is 14.0. The van der Waals surface area contributed by atoms with E-state index < -0.39 is 5.97 Å². The van der Waals surface area contributed by atoms with Crippen molar-refractivity contribution in [2.24, 2.45) is 4.99 Å². The van der Waals surface area contributed by atoms with Gasteiger partial charge in [-0.3, -0.25) is 4.79 Å². The number of aliphatic imine (C=N–C) groups is 1. The highest BCUT2D eigenvalue weighted by Crippen LogP contribution is 2.28. The van der Waals surface area contributed by atoms with Crippen LogP contribution in [0.2, 0.25) is 0 Å². The Morgan fingerprint density at radius 1 is 1.16 bits per heavy atom. The number of amides is 1. The van der Waals surface area contributed by atoms with Gasteiger partial charge in [0, 0.05) is 0 Å². The van der Waals surface area contributed by atoms with Gasteiger partial charge in [0.2, 0.25) is 0 Å². The molecule has 1 heterocycles. The van der Waals surface area contributed by atoms with Crippen molar-refractivity contribution in [2.75, 3.05) is 7.11 Å².